The van der Waals surface area contributed by atoms with Crippen LogP contribution in [0.1, 0.15) is 31.4 Å². The Labute approximate surface area is 132 Å². The highest BCUT2D eigenvalue weighted by molar-refractivity contribution is 7.89. The standard InChI is InChI=1S/C15H25NO5S/c1-5-6-9-22(18,19)16(2)11-13(17)12-7-8-14(20-3)15(10-12)21-4/h7-8,10,13,17H,5-6,9,11H2,1-4H3. The molecule has 0 amide bonds. The van der Waals surface area contributed by atoms with Crippen molar-refractivity contribution in [3.05, 3.63) is 23.8 Å². The molecule has 1 N–H and O–H groups in total. The second kappa shape index (κ2) is 8.36. The summed E-state index contributed by atoms with van der Waals surface area (Å²) in [4.78, 5) is 0. The molecule has 22 heavy (non-hydrogen) atoms. The fourth-order valence-corrected chi connectivity index (χ4v) is 3.34. The second-order valence-corrected chi connectivity index (χ2v) is 7.28. The topological polar surface area (TPSA) is 76.1 Å². The van der Waals surface area contributed by atoms with Gasteiger partial charge in [0.2, 0.25) is 10.0 Å². The highest BCUT2D eigenvalue weighted by Crippen LogP contribution is 2.30. The summed E-state index contributed by atoms with van der Waals surface area (Å²) in [5, 5.41) is 10.3. The Morgan fingerprint density at radius 3 is 2.41 bits per heavy atom. The number of unbranched alkanes of at least 4 members (excludes halogenated alkanes) is 1. The van der Waals surface area contributed by atoms with Gasteiger partial charge >= 0.3 is 0 Å². The quantitative estimate of drug-likeness (QED) is 0.747. The van der Waals surface area contributed by atoms with Gasteiger partial charge in [0.15, 0.2) is 11.5 Å². The van der Waals surface area contributed by atoms with E-state index in [1.807, 2.05) is 6.92 Å². The van der Waals surface area contributed by atoms with Crippen LogP contribution in [0.5, 0.6) is 11.5 Å². The fraction of sp³-hybridized carbons (Fsp3) is 0.600. The van der Waals surface area contributed by atoms with Gasteiger partial charge in [0.05, 0.1) is 26.1 Å². The first kappa shape index (κ1) is 18.7. The van der Waals surface area contributed by atoms with Crippen LogP contribution >= 0.6 is 0 Å². The van der Waals surface area contributed by atoms with Gasteiger partial charge < -0.3 is 14.6 Å². The number of methoxy groups -OCH3 is 2. The van der Waals surface area contributed by atoms with Gasteiger partial charge in [-0.3, -0.25) is 0 Å². The highest BCUT2D eigenvalue weighted by atomic mass is 32.2. The number of nitrogens with zero attached hydrogens (tertiary/aromatic N) is 1. The zero-order valence-corrected chi connectivity index (χ0v) is 14.4. The van der Waals surface area contributed by atoms with E-state index in [0.717, 1.165) is 6.42 Å². The van der Waals surface area contributed by atoms with Crippen LogP contribution in [0, 0.1) is 0 Å². The maximum atomic E-state index is 12.0. The molecule has 1 aromatic rings. The summed E-state index contributed by atoms with van der Waals surface area (Å²) in [5.41, 5.74) is 0.579. The van der Waals surface area contributed by atoms with Crippen LogP contribution in [0.2, 0.25) is 0 Å². The Kier molecular flexibility index (Phi) is 7.12. The van der Waals surface area contributed by atoms with Gasteiger partial charge in [-0.25, -0.2) is 12.7 Å². The number of rotatable bonds is 9. The van der Waals surface area contributed by atoms with Crippen molar-refractivity contribution < 1.29 is 23.0 Å². The van der Waals surface area contributed by atoms with Crippen molar-refractivity contribution in [3.63, 3.8) is 0 Å². The van der Waals surface area contributed by atoms with Crippen LogP contribution < -0.4 is 9.47 Å². The van der Waals surface area contributed by atoms with Crippen molar-refractivity contribution in [2.45, 2.75) is 25.9 Å². The fourth-order valence-electron chi connectivity index (χ4n) is 2.01. The van der Waals surface area contributed by atoms with Gasteiger partial charge in [0.1, 0.15) is 0 Å². The Bertz CT molecular complexity index is 573. The molecule has 7 heteroatoms. The SMILES string of the molecule is CCCCS(=O)(=O)N(C)CC(O)c1ccc(OC)c(OC)c1. The molecule has 0 aliphatic heterocycles. The normalized spacial score (nSPS) is 13.2. The van der Waals surface area contributed by atoms with E-state index >= 15 is 0 Å². The van der Waals surface area contributed by atoms with E-state index in [9.17, 15) is 13.5 Å². The summed E-state index contributed by atoms with van der Waals surface area (Å²) in [5.74, 6) is 1.15. The molecule has 0 fully saturated rings. The van der Waals surface area contributed by atoms with Crippen molar-refractivity contribution in [1.29, 1.82) is 0 Å². The zero-order valence-electron chi connectivity index (χ0n) is 13.6. The predicted molar refractivity (Wildman–Crippen MR) is 85.8 cm³/mol. The molecule has 0 spiro atoms. The van der Waals surface area contributed by atoms with Gasteiger partial charge in [0, 0.05) is 13.6 Å². The second-order valence-electron chi connectivity index (χ2n) is 5.08. The maximum absolute atomic E-state index is 12.0. The molecule has 126 valence electrons. The van der Waals surface area contributed by atoms with Crippen molar-refractivity contribution in [2.75, 3.05) is 33.6 Å². The summed E-state index contributed by atoms with van der Waals surface area (Å²) in [7, 11) is 1.18. The smallest absolute Gasteiger partial charge is 0.213 e. The summed E-state index contributed by atoms with van der Waals surface area (Å²) in [6.07, 6.45) is 0.492. The highest BCUT2D eigenvalue weighted by Gasteiger charge is 2.21. The molecule has 1 aromatic carbocycles. The first-order chi connectivity index (χ1) is 10.4. The number of sulfonamides is 1. The molecule has 1 atom stereocenters. The molecule has 0 radical (unpaired) electrons. The molecule has 0 heterocycles. The molecular formula is C15H25NO5S. The third kappa shape index (κ3) is 4.86. The molecule has 6 nitrogen and oxygen atoms in total. The maximum Gasteiger partial charge on any atom is 0.213 e. The van der Waals surface area contributed by atoms with E-state index in [-0.39, 0.29) is 12.3 Å². The summed E-state index contributed by atoms with van der Waals surface area (Å²) in [6.45, 7) is 1.94. The minimum atomic E-state index is -3.34. The Balaban J connectivity index is 2.82. The van der Waals surface area contributed by atoms with Gasteiger partial charge in [-0.1, -0.05) is 19.4 Å². The average Bonchev–Trinajstić information content (AvgIpc) is 2.51. The van der Waals surface area contributed by atoms with Gasteiger partial charge in [-0.15, -0.1) is 0 Å². The number of aliphatic hydroxyl groups is 1. The summed E-state index contributed by atoms with van der Waals surface area (Å²) < 4.78 is 35.6. The van der Waals surface area contributed by atoms with Gasteiger partial charge in [0.25, 0.3) is 0 Å². The first-order valence-electron chi connectivity index (χ1n) is 7.19. The molecular weight excluding hydrogens is 306 g/mol. The molecule has 0 saturated heterocycles. The molecule has 0 aliphatic carbocycles. The van der Waals surface area contributed by atoms with E-state index in [1.165, 1.54) is 25.6 Å². The van der Waals surface area contributed by atoms with Gasteiger partial charge in [-0.05, 0) is 24.1 Å². The lowest BCUT2D eigenvalue weighted by molar-refractivity contribution is 0.154. The number of aliphatic hydroxyl groups excluding tert-OH is 1. The first-order valence-corrected chi connectivity index (χ1v) is 8.80. The number of hydrogen-bond acceptors (Lipinski definition) is 5. The molecule has 1 unspecified atom stereocenters. The lowest BCUT2D eigenvalue weighted by Gasteiger charge is -2.21. The lowest BCUT2D eigenvalue weighted by Crippen LogP contribution is -2.33. The third-order valence-electron chi connectivity index (χ3n) is 3.45. The van der Waals surface area contributed by atoms with Crippen molar-refractivity contribution >= 4 is 10.0 Å². The lowest BCUT2D eigenvalue weighted by atomic mass is 10.1. The van der Waals surface area contributed by atoms with Crippen LogP contribution in [0.4, 0.5) is 0 Å². The van der Waals surface area contributed by atoms with E-state index in [4.69, 9.17) is 9.47 Å². The minimum Gasteiger partial charge on any atom is -0.493 e. The minimum absolute atomic E-state index is 0.00152. The molecule has 1 rings (SSSR count). The van der Waals surface area contributed by atoms with Crippen molar-refractivity contribution in [3.8, 4) is 11.5 Å². The monoisotopic (exact) mass is 331 g/mol. The largest absolute Gasteiger partial charge is 0.493 e. The Hall–Kier alpha value is -1.31. The molecule has 0 aromatic heterocycles. The number of benzene rings is 1. The van der Waals surface area contributed by atoms with E-state index in [0.29, 0.717) is 23.5 Å². The molecule has 0 saturated carbocycles. The molecule has 0 aliphatic rings. The van der Waals surface area contributed by atoms with Crippen molar-refractivity contribution in [1.82, 2.24) is 4.31 Å². The van der Waals surface area contributed by atoms with Crippen LogP contribution in [0.15, 0.2) is 18.2 Å². The van der Waals surface area contributed by atoms with Crippen LogP contribution in [0.25, 0.3) is 0 Å². The van der Waals surface area contributed by atoms with Crippen LogP contribution in [-0.4, -0.2) is 51.4 Å². The van der Waals surface area contributed by atoms with E-state index in [2.05, 4.69) is 0 Å². The third-order valence-corrected chi connectivity index (χ3v) is 5.36. The van der Waals surface area contributed by atoms with E-state index < -0.39 is 16.1 Å². The van der Waals surface area contributed by atoms with Crippen LogP contribution in [0.3, 0.4) is 0 Å². The van der Waals surface area contributed by atoms with Crippen LogP contribution in [-0.2, 0) is 10.0 Å². The number of hydrogen-bond donors (Lipinski definition) is 1. The van der Waals surface area contributed by atoms with Crippen molar-refractivity contribution in [2.24, 2.45) is 0 Å². The van der Waals surface area contributed by atoms with E-state index in [1.54, 1.807) is 18.2 Å². The number of likely N-dealkylation sites (N-methyl/N-ethyl adjacent to an activating group) is 1. The predicted octanol–water partition coefficient (Wildman–Crippen LogP) is 1.80. The van der Waals surface area contributed by atoms with Gasteiger partial charge in [-0.2, -0.15) is 0 Å². The Morgan fingerprint density at radius 1 is 1.23 bits per heavy atom. The summed E-state index contributed by atoms with van der Waals surface area (Å²) >= 11 is 0. The zero-order chi connectivity index (χ0) is 16.8. The average molecular weight is 331 g/mol. The summed E-state index contributed by atoms with van der Waals surface area (Å²) in [6, 6.07) is 5.03. The Morgan fingerprint density at radius 2 is 1.86 bits per heavy atom. The molecule has 0 bridgehead atoms. The number of ether oxygens (including phenoxy) is 2.